The molecule has 0 bridgehead atoms. The molecular weight excluding hydrogens is 557 g/mol. The first-order valence-corrected chi connectivity index (χ1v) is 15.7. The lowest BCUT2D eigenvalue weighted by molar-refractivity contribution is -1.05. The van der Waals surface area contributed by atoms with Gasteiger partial charge in [-0.1, -0.05) is 69.8 Å². The van der Waals surface area contributed by atoms with Crippen molar-refractivity contribution in [1.82, 2.24) is 0 Å². The second-order valence-corrected chi connectivity index (χ2v) is 13.2. The first-order valence-electron chi connectivity index (χ1n) is 14.0. The Balaban J connectivity index is 1.38. The van der Waals surface area contributed by atoms with Crippen LogP contribution in [0.15, 0.2) is 128 Å². The predicted octanol–water partition coefficient (Wildman–Crippen LogP) is 8.26. The van der Waals surface area contributed by atoms with Crippen molar-refractivity contribution < 1.29 is 18.6 Å². The predicted molar refractivity (Wildman–Crippen MR) is 168 cm³/mol. The van der Waals surface area contributed by atoms with Gasteiger partial charge in [0.15, 0.2) is 12.4 Å². The zero-order valence-electron chi connectivity index (χ0n) is 23.2. The van der Waals surface area contributed by atoms with Gasteiger partial charge in [-0.05, 0) is 61.9 Å². The van der Waals surface area contributed by atoms with Gasteiger partial charge in [0.05, 0.1) is 11.1 Å². The number of aromatic nitrogens is 2. The molecule has 0 N–H and O–H groups in total. The van der Waals surface area contributed by atoms with Crippen LogP contribution in [0.1, 0.15) is 27.0 Å². The minimum Gasteiger partial charge on any atom is -0.351 e. The molecule has 1 spiro atoms. The lowest BCUT2D eigenvalue weighted by atomic mass is 10.1. The molecule has 6 heteroatoms. The second-order valence-electron chi connectivity index (χ2n) is 10.7. The molecule has 0 saturated carbocycles. The van der Waals surface area contributed by atoms with Crippen LogP contribution in [0.3, 0.4) is 0 Å². The lowest BCUT2D eigenvalue weighted by Gasteiger charge is -2.29. The van der Waals surface area contributed by atoms with Crippen LogP contribution in [0.5, 0.6) is 0 Å². The Labute approximate surface area is 253 Å². The molecule has 0 aliphatic carbocycles. The van der Waals surface area contributed by atoms with E-state index in [4.69, 9.17) is 9.47 Å². The molecule has 4 nitrogen and oxygen atoms in total. The summed E-state index contributed by atoms with van der Waals surface area (Å²) in [6, 6.07) is 36.9. The molecule has 8 rings (SSSR count). The van der Waals surface area contributed by atoms with E-state index in [-0.39, 0.29) is 6.10 Å². The maximum absolute atomic E-state index is 7.15. The number of ether oxygens (including phenoxy) is 2. The summed E-state index contributed by atoms with van der Waals surface area (Å²) in [5.74, 6) is 0.782. The van der Waals surface area contributed by atoms with Crippen LogP contribution < -0.4 is 9.13 Å². The van der Waals surface area contributed by atoms with Gasteiger partial charge in [-0.2, -0.15) is 0 Å². The van der Waals surface area contributed by atoms with E-state index in [0.29, 0.717) is 0 Å². The Morgan fingerprint density at radius 2 is 1.14 bits per heavy atom. The summed E-state index contributed by atoms with van der Waals surface area (Å²) in [7, 11) is 0. The zero-order valence-corrected chi connectivity index (χ0v) is 24.9. The topological polar surface area (TPSA) is 26.2 Å². The summed E-state index contributed by atoms with van der Waals surface area (Å²) >= 11 is 3.58. The number of pyridine rings is 2. The number of rotatable bonds is 4. The summed E-state index contributed by atoms with van der Waals surface area (Å²) in [5, 5.41) is 0. The van der Waals surface area contributed by atoms with Crippen LogP contribution in [0.4, 0.5) is 0 Å². The molecular formula is C36H28N2O2S2+2. The summed E-state index contributed by atoms with van der Waals surface area (Å²) in [6.07, 6.45) is 6.11. The van der Waals surface area contributed by atoms with Gasteiger partial charge in [-0.15, -0.1) is 22.7 Å². The average molecular weight is 585 g/mol. The van der Waals surface area contributed by atoms with Gasteiger partial charge >= 0.3 is 6.03 Å². The molecule has 42 heavy (non-hydrogen) atoms. The van der Waals surface area contributed by atoms with E-state index in [9.17, 15) is 0 Å². The monoisotopic (exact) mass is 584 g/mol. The Morgan fingerprint density at radius 1 is 0.595 bits per heavy atom. The average Bonchev–Trinajstić information content (AvgIpc) is 3.74. The van der Waals surface area contributed by atoms with Crippen LogP contribution in [0, 0.1) is 13.8 Å². The van der Waals surface area contributed by atoms with Gasteiger partial charge in [0.25, 0.3) is 11.4 Å². The van der Waals surface area contributed by atoms with Gasteiger partial charge in [-0.3, -0.25) is 0 Å². The maximum atomic E-state index is 7.15. The third-order valence-electron chi connectivity index (χ3n) is 7.83. The van der Waals surface area contributed by atoms with Crippen molar-refractivity contribution in [2.24, 2.45) is 0 Å². The van der Waals surface area contributed by atoms with E-state index < -0.39 is 6.03 Å². The third-order valence-corrected chi connectivity index (χ3v) is 9.93. The van der Waals surface area contributed by atoms with Crippen molar-refractivity contribution in [2.75, 3.05) is 0 Å². The van der Waals surface area contributed by atoms with E-state index in [1.807, 2.05) is 24.3 Å². The molecule has 6 heterocycles. The van der Waals surface area contributed by atoms with Gasteiger partial charge in [-0.25, -0.2) is 4.74 Å². The fourth-order valence-corrected chi connectivity index (χ4v) is 7.50. The number of hydrogen-bond acceptors (Lipinski definition) is 4. The number of fused-ring (bicyclic) bond motifs is 5. The van der Waals surface area contributed by atoms with Gasteiger partial charge < -0.3 is 4.74 Å². The standard InChI is InChI=1S/C36H28N2O2S2/c1-24-13-19-34(41-24)28-15-17-30-31-18-16-29(35-20-14-25(2)42-35)23-38(31)36(37(30)22-28)39-32(26-9-5-3-6-10-26)21-33(40-36)27-11-7-4-8-12-27/h3-23,32H,1-2H3/q+2. The van der Waals surface area contributed by atoms with Crippen molar-refractivity contribution in [3.8, 4) is 32.3 Å². The van der Waals surface area contributed by atoms with Gasteiger partial charge in [0.1, 0.15) is 11.9 Å². The van der Waals surface area contributed by atoms with Crippen LogP contribution in [-0.2, 0) is 15.5 Å². The molecule has 0 saturated heterocycles. The quantitative estimate of drug-likeness (QED) is 0.195. The number of benzene rings is 2. The maximum Gasteiger partial charge on any atom is 0.669 e. The molecule has 2 aromatic carbocycles. The first kappa shape index (κ1) is 25.4. The van der Waals surface area contributed by atoms with E-state index in [2.05, 4.69) is 126 Å². The van der Waals surface area contributed by atoms with Crippen molar-refractivity contribution in [1.29, 1.82) is 0 Å². The molecule has 1 unspecified atom stereocenters. The van der Waals surface area contributed by atoms with E-state index in [1.54, 1.807) is 22.7 Å². The molecule has 2 aliphatic rings. The molecule has 0 amide bonds. The normalized spacial score (nSPS) is 16.5. The summed E-state index contributed by atoms with van der Waals surface area (Å²) < 4.78 is 18.6. The van der Waals surface area contributed by atoms with Gasteiger partial charge in [0.2, 0.25) is 0 Å². The molecule has 2 aliphatic heterocycles. The lowest BCUT2D eigenvalue weighted by Crippen LogP contribution is -2.73. The van der Waals surface area contributed by atoms with Crippen molar-refractivity contribution in [2.45, 2.75) is 26.0 Å². The summed E-state index contributed by atoms with van der Waals surface area (Å²) in [6.45, 7) is 4.29. The van der Waals surface area contributed by atoms with E-state index in [0.717, 1.165) is 39.4 Å². The van der Waals surface area contributed by atoms with Crippen LogP contribution in [-0.4, -0.2) is 0 Å². The van der Waals surface area contributed by atoms with E-state index in [1.165, 1.54) is 19.5 Å². The molecule has 204 valence electrons. The Kier molecular flexibility index (Phi) is 5.96. The van der Waals surface area contributed by atoms with Crippen molar-refractivity contribution in [3.05, 3.63) is 149 Å². The third kappa shape index (κ3) is 4.14. The SMILES string of the molecule is Cc1ccc(-c2ccc3[n+](c2)C2(OC(c4ccccc4)=CC(c4ccccc4)O2)[n+]2cc(-c4ccc(C)s4)ccc2-3)s1. The van der Waals surface area contributed by atoms with Crippen molar-refractivity contribution >= 4 is 28.4 Å². The summed E-state index contributed by atoms with van der Waals surface area (Å²) in [4.78, 5) is 4.98. The van der Waals surface area contributed by atoms with E-state index >= 15 is 0 Å². The summed E-state index contributed by atoms with van der Waals surface area (Å²) in [5.41, 5.74) is 6.38. The molecule has 6 aromatic rings. The van der Waals surface area contributed by atoms with Crippen LogP contribution >= 0.6 is 22.7 Å². The fraction of sp³-hybridized carbons (Fsp3) is 0.111. The van der Waals surface area contributed by atoms with Crippen molar-refractivity contribution in [3.63, 3.8) is 0 Å². The highest BCUT2D eigenvalue weighted by atomic mass is 32.1. The number of thiophene rings is 2. The highest BCUT2D eigenvalue weighted by Crippen LogP contribution is 2.41. The molecule has 4 aromatic heterocycles. The Hall–Kier alpha value is -4.36. The number of nitrogens with zero attached hydrogens (tertiary/aromatic N) is 2. The first-order chi connectivity index (χ1) is 20.6. The number of aryl methyl sites for hydroxylation is 2. The Morgan fingerprint density at radius 3 is 1.67 bits per heavy atom. The van der Waals surface area contributed by atoms with Crippen LogP contribution in [0.25, 0.3) is 38.0 Å². The Bertz CT molecular complexity index is 1880. The van der Waals surface area contributed by atoms with Gasteiger partial charge in [0, 0.05) is 37.2 Å². The highest BCUT2D eigenvalue weighted by molar-refractivity contribution is 7.15. The number of hydrogen-bond donors (Lipinski definition) is 0. The minimum atomic E-state index is -1.28. The second kappa shape index (κ2) is 9.88. The largest absolute Gasteiger partial charge is 0.669 e. The minimum absolute atomic E-state index is 0.339. The zero-order chi connectivity index (χ0) is 28.3. The molecule has 0 radical (unpaired) electrons. The highest BCUT2D eigenvalue weighted by Gasteiger charge is 2.68. The molecule has 1 atom stereocenters. The molecule has 0 fully saturated rings. The smallest absolute Gasteiger partial charge is 0.351 e. The fourth-order valence-electron chi connectivity index (χ4n) is 5.79. The van der Waals surface area contributed by atoms with Crippen LogP contribution in [0.2, 0.25) is 0 Å².